The molecular weight excluding hydrogens is 180 g/mol. The van der Waals surface area contributed by atoms with Crippen LogP contribution in [0.2, 0.25) is 6.04 Å². The smallest absolute Gasteiger partial charge is 0.156 e. The third kappa shape index (κ3) is 12.1. The van der Waals surface area contributed by atoms with Gasteiger partial charge in [0.2, 0.25) is 0 Å². The molecule has 2 nitrogen and oxygen atoms in total. The van der Waals surface area contributed by atoms with Crippen molar-refractivity contribution in [3.05, 3.63) is 0 Å². The van der Waals surface area contributed by atoms with E-state index in [2.05, 4.69) is 0 Å². The molecule has 0 amide bonds. The fourth-order valence-corrected chi connectivity index (χ4v) is 2.04. The highest BCUT2D eigenvalue weighted by atomic mass is 28.2. The van der Waals surface area contributed by atoms with E-state index in [1.807, 2.05) is 0 Å². The number of hydrogen-bond donors (Lipinski definition) is 2. The summed E-state index contributed by atoms with van der Waals surface area (Å²) in [4.78, 5) is 8.68. The third-order valence-corrected chi connectivity index (χ3v) is 3.13. The fourth-order valence-electron chi connectivity index (χ4n) is 1.46. The van der Waals surface area contributed by atoms with Gasteiger partial charge in [-0.1, -0.05) is 44.9 Å². The first-order valence-corrected chi connectivity index (χ1v) is 7.26. The summed E-state index contributed by atoms with van der Waals surface area (Å²) in [7, 11) is -0.665. The Morgan fingerprint density at radius 1 is 0.692 bits per heavy atom. The van der Waals surface area contributed by atoms with E-state index in [1.165, 1.54) is 44.9 Å². The summed E-state index contributed by atoms with van der Waals surface area (Å²) in [5.74, 6) is 0. The zero-order chi connectivity index (χ0) is 9.78. The van der Waals surface area contributed by atoms with Crippen molar-refractivity contribution in [2.24, 2.45) is 0 Å². The van der Waals surface area contributed by atoms with Gasteiger partial charge in [-0.15, -0.1) is 0 Å². The molecule has 2 N–H and O–H groups in total. The quantitative estimate of drug-likeness (QED) is 0.419. The maximum Gasteiger partial charge on any atom is 0.156 e. The molecule has 0 heterocycles. The van der Waals surface area contributed by atoms with Crippen LogP contribution < -0.4 is 0 Å². The summed E-state index contributed by atoms with van der Waals surface area (Å²) in [5.41, 5.74) is 0. The van der Waals surface area contributed by atoms with Gasteiger partial charge >= 0.3 is 0 Å². The zero-order valence-electron chi connectivity index (χ0n) is 8.67. The van der Waals surface area contributed by atoms with Gasteiger partial charge in [-0.2, -0.15) is 0 Å². The summed E-state index contributed by atoms with van der Waals surface area (Å²) in [6.45, 7) is 0.348. The maximum absolute atomic E-state index is 8.68. The van der Waals surface area contributed by atoms with E-state index in [4.69, 9.17) is 9.90 Å². The molecule has 0 aromatic heterocycles. The second-order valence-corrected chi connectivity index (χ2v) is 4.78. The summed E-state index contributed by atoms with van der Waals surface area (Å²) < 4.78 is 0. The lowest BCUT2D eigenvalue weighted by molar-refractivity contribution is 0.282. The van der Waals surface area contributed by atoms with Crippen LogP contribution in [0.15, 0.2) is 0 Å². The van der Waals surface area contributed by atoms with Gasteiger partial charge in [0.05, 0.1) is 0 Å². The monoisotopic (exact) mass is 204 g/mol. The van der Waals surface area contributed by atoms with Gasteiger partial charge in [0.1, 0.15) is 0 Å². The largest absolute Gasteiger partial charge is 0.438 e. The summed E-state index contributed by atoms with van der Waals surface area (Å²) in [6.07, 6.45) is 9.93. The fraction of sp³-hybridized carbons (Fsp3) is 1.00. The van der Waals surface area contributed by atoms with Crippen LogP contribution >= 0.6 is 0 Å². The Morgan fingerprint density at radius 2 is 1.15 bits per heavy atom. The standard InChI is InChI=1S/C10H24O2Si/c11-9-7-5-3-1-2-4-6-8-10-13-12/h11-12H,1-10,13H2. The minimum Gasteiger partial charge on any atom is -0.438 e. The Labute approximate surface area is 84.3 Å². The van der Waals surface area contributed by atoms with Gasteiger partial charge in [-0.05, 0) is 12.5 Å². The highest BCUT2D eigenvalue weighted by Crippen LogP contribution is 2.09. The van der Waals surface area contributed by atoms with Gasteiger partial charge in [-0.25, -0.2) is 0 Å². The minimum atomic E-state index is -0.665. The lowest BCUT2D eigenvalue weighted by Crippen LogP contribution is -1.87. The zero-order valence-corrected chi connectivity index (χ0v) is 10.1. The Bertz CT molecular complexity index is 79.0. The van der Waals surface area contributed by atoms with E-state index in [0.29, 0.717) is 6.61 Å². The molecule has 80 valence electrons. The average molecular weight is 204 g/mol. The number of hydrogen-bond acceptors (Lipinski definition) is 2. The van der Waals surface area contributed by atoms with E-state index in [0.717, 1.165) is 12.5 Å². The topological polar surface area (TPSA) is 40.5 Å². The van der Waals surface area contributed by atoms with Crippen molar-refractivity contribution in [2.45, 2.75) is 57.4 Å². The third-order valence-electron chi connectivity index (χ3n) is 2.32. The molecule has 0 saturated carbocycles. The molecule has 0 aliphatic heterocycles. The molecule has 0 aromatic carbocycles. The van der Waals surface area contributed by atoms with E-state index < -0.39 is 9.76 Å². The first-order chi connectivity index (χ1) is 6.41. The van der Waals surface area contributed by atoms with E-state index in [9.17, 15) is 0 Å². The molecule has 3 heteroatoms. The first-order valence-electron chi connectivity index (χ1n) is 5.63. The van der Waals surface area contributed by atoms with Crippen molar-refractivity contribution in [1.82, 2.24) is 0 Å². The maximum atomic E-state index is 8.68. The SMILES string of the molecule is OCCCCCCCCCC[SiH2]O. The van der Waals surface area contributed by atoms with Gasteiger partial charge < -0.3 is 9.90 Å². The molecule has 0 aromatic rings. The summed E-state index contributed by atoms with van der Waals surface area (Å²) in [6, 6.07) is 1.10. The van der Waals surface area contributed by atoms with Crippen LogP contribution in [0.25, 0.3) is 0 Å². The summed E-state index contributed by atoms with van der Waals surface area (Å²) >= 11 is 0. The van der Waals surface area contributed by atoms with Crippen LogP contribution in [0.1, 0.15) is 51.4 Å². The predicted octanol–water partition coefficient (Wildman–Crippen LogP) is 1.59. The Balaban J connectivity index is 2.76. The molecule has 0 bridgehead atoms. The molecular formula is C10H24O2Si. The van der Waals surface area contributed by atoms with Crippen LogP contribution in [-0.4, -0.2) is 26.3 Å². The van der Waals surface area contributed by atoms with Crippen molar-refractivity contribution in [3.8, 4) is 0 Å². The van der Waals surface area contributed by atoms with Gasteiger partial charge in [0.25, 0.3) is 0 Å². The molecule has 13 heavy (non-hydrogen) atoms. The molecule has 0 aliphatic carbocycles. The lowest BCUT2D eigenvalue weighted by atomic mass is 10.1. The highest BCUT2D eigenvalue weighted by Gasteiger charge is 1.91. The van der Waals surface area contributed by atoms with E-state index in [1.54, 1.807) is 0 Å². The van der Waals surface area contributed by atoms with Gasteiger partial charge in [-0.3, -0.25) is 0 Å². The molecule has 0 radical (unpaired) electrons. The van der Waals surface area contributed by atoms with Gasteiger partial charge in [0.15, 0.2) is 9.76 Å². The number of aliphatic hydroxyl groups excluding tert-OH is 1. The summed E-state index contributed by atoms with van der Waals surface area (Å²) in [5, 5.41) is 8.55. The highest BCUT2D eigenvalue weighted by molar-refractivity contribution is 6.25. The average Bonchev–Trinajstić information content (AvgIpc) is 2.16. The number of rotatable bonds is 10. The van der Waals surface area contributed by atoms with Crippen molar-refractivity contribution in [3.63, 3.8) is 0 Å². The Morgan fingerprint density at radius 3 is 1.62 bits per heavy atom. The molecule has 0 fully saturated rings. The Kier molecular flexibility index (Phi) is 12.3. The molecule has 0 rings (SSSR count). The normalized spacial score (nSPS) is 11.5. The lowest BCUT2D eigenvalue weighted by Gasteiger charge is -2.00. The van der Waals surface area contributed by atoms with Crippen LogP contribution in [-0.2, 0) is 0 Å². The molecule has 0 aliphatic rings. The molecule has 0 saturated heterocycles. The second-order valence-electron chi connectivity index (χ2n) is 3.63. The van der Waals surface area contributed by atoms with Crippen LogP contribution in [0, 0.1) is 0 Å². The first kappa shape index (κ1) is 13.1. The number of unbranched alkanes of at least 4 members (excludes halogenated alkanes) is 7. The Hall–Kier alpha value is 0.137. The van der Waals surface area contributed by atoms with Crippen LogP contribution in [0.3, 0.4) is 0 Å². The van der Waals surface area contributed by atoms with Crippen molar-refractivity contribution in [1.29, 1.82) is 0 Å². The van der Waals surface area contributed by atoms with Crippen LogP contribution in [0.4, 0.5) is 0 Å². The minimum absolute atomic E-state index is 0.348. The van der Waals surface area contributed by atoms with Crippen molar-refractivity contribution < 1.29 is 9.90 Å². The molecule has 0 unspecified atom stereocenters. The predicted molar refractivity (Wildman–Crippen MR) is 59.6 cm³/mol. The van der Waals surface area contributed by atoms with Gasteiger partial charge in [0, 0.05) is 6.61 Å². The van der Waals surface area contributed by atoms with Crippen LogP contribution in [0.5, 0.6) is 0 Å². The van der Waals surface area contributed by atoms with Crippen molar-refractivity contribution >= 4 is 9.76 Å². The van der Waals surface area contributed by atoms with E-state index in [-0.39, 0.29) is 0 Å². The molecule has 0 spiro atoms. The number of aliphatic hydroxyl groups is 1. The second kappa shape index (κ2) is 12.1. The molecule has 0 atom stereocenters. The van der Waals surface area contributed by atoms with E-state index >= 15 is 0 Å². The van der Waals surface area contributed by atoms with Crippen molar-refractivity contribution in [2.75, 3.05) is 6.61 Å².